The summed E-state index contributed by atoms with van der Waals surface area (Å²) in [6.07, 6.45) is -0.486. The van der Waals surface area contributed by atoms with Crippen molar-refractivity contribution in [3.05, 3.63) is 65.5 Å². The zero-order chi connectivity index (χ0) is 19.2. The third-order valence-corrected chi connectivity index (χ3v) is 3.99. The maximum Gasteiger partial charge on any atom is 0.310 e. The Morgan fingerprint density at radius 2 is 1.63 bits per heavy atom. The molecule has 6 nitrogen and oxygen atoms in total. The molecule has 0 amide bonds. The van der Waals surface area contributed by atoms with Crippen LogP contribution in [-0.4, -0.2) is 22.8 Å². The van der Waals surface area contributed by atoms with Crippen LogP contribution in [-0.2, 0) is 9.53 Å². The normalized spacial score (nSPS) is 11.8. The van der Waals surface area contributed by atoms with Crippen molar-refractivity contribution in [2.75, 3.05) is 6.61 Å². The van der Waals surface area contributed by atoms with Crippen LogP contribution in [0.5, 0.6) is 5.75 Å². The first-order chi connectivity index (χ1) is 13.0. The van der Waals surface area contributed by atoms with Gasteiger partial charge in [-0.05, 0) is 45.0 Å². The topological polar surface area (TPSA) is 74.5 Å². The van der Waals surface area contributed by atoms with E-state index in [-0.39, 0.29) is 24.9 Å². The summed E-state index contributed by atoms with van der Waals surface area (Å²) < 4.78 is 16.5. The van der Waals surface area contributed by atoms with Crippen LogP contribution in [0.1, 0.15) is 36.5 Å². The SMILES string of the molecule is Cc1ccc(OCCC(=O)OC(C)c2nnc(-c3ccc(C)cc3)o2)cc1. The molecule has 0 fully saturated rings. The van der Waals surface area contributed by atoms with E-state index < -0.39 is 6.10 Å². The van der Waals surface area contributed by atoms with Gasteiger partial charge in [-0.3, -0.25) is 4.79 Å². The largest absolute Gasteiger partial charge is 0.493 e. The summed E-state index contributed by atoms with van der Waals surface area (Å²) in [7, 11) is 0. The molecule has 6 heteroatoms. The van der Waals surface area contributed by atoms with Gasteiger partial charge in [-0.1, -0.05) is 35.4 Å². The molecule has 1 unspecified atom stereocenters. The molecule has 1 aromatic heterocycles. The van der Waals surface area contributed by atoms with Crippen LogP contribution in [0.2, 0.25) is 0 Å². The quantitative estimate of drug-likeness (QED) is 0.576. The minimum atomic E-state index is -0.622. The van der Waals surface area contributed by atoms with E-state index in [9.17, 15) is 4.79 Å². The van der Waals surface area contributed by atoms with Crippen LogP contribution in [0.4, 0.5) is 0 Å². The molecule has 0 N–H and O–H groups in total. The maximum atomic E-state index is 12.0. The number of aromatic nitrogens is 2. The van der Waals surface area contributed by atoms with Crippen molar-refractivity contribution in [1.82, 2.24) is 10.2 Å². The van der Waals surface area contributed by atoms with Gasteiger partial charge in [0, 0.05) is 5.56 Å². The molecule has 27 heavy (non-hydrogen) atoms. The molecule has 0 aliphatic carbocycles. The Morgan fingerprint density at radius 1 is 1.00 bits per heavy atom. The second-order valence-corrected chi connectivity index (χ2v) is 6.36. The van der Waals surface area contributed by atoms with Gasteiger partial charge in [0.2, 0.25) is 5.89 Å². The van der Waals surface area contributed by atoms with Gasteiger partial charge in [-0.25, -0.2) is 0 Å². The fourth-order valence-electron chi connectivity index (χ4n) is 2.40. The molecule has 0 saturated carbocycles. The van der Waals surface area contributed by atoms with Crippen LogP contribution in [0.15, 0.2) is 52.9 Å². The number of ether oxygens (including phenoxy) is 2. The molecule has 0 aliphatic rings. The third kappa shape index (κ3) is 5.17. The van der Waals surface area contributed by atoms with Crippen LogP contribution in [0.25, 0.3) is 11.5 Å². The fraction of sp³-hybridized carbons (Fsp3) is 0.286. The zero-order valence-electron chi connectivity index (χ0n) is 15.6. The molecular weight excluding hydrogens is 344 g/mol. The van der Waals surface area contributed by atoms with Crippen LogP contribution >= 0.6 is 0 Å². The molecule has 0 saturated heterocycles. The number of esters is 1. The van der Waals surface area contributed by atoms with Crippen molar-refractivity contribution in [2.24, 2.45) is 0 Å². The standard InChI is InChI=1S/C21H22N2O4/c1-14-4-8-17(9-5-14)21-23-22-20(27-21)16(3)26-19(24)12-13-25-18-10-6-15(2)7-11-18/h4-11,16H,12-13H2,1-3H3. The second-order valence-electron chi connectivity index (χ2n) is 6.36. The lowest BCUT2D eigenvalue weighted by Gasteiger charge is -2.10. The van der Waals surface area contributed by atoms with E-state index in [4.69, 9.17) is 13.9 Å². The molecular formula is C21H22N2O4. The van der Waals surface area contributed by atoms with Gasteiger partial charge in [-0.2, -0.15) is 0 Å². The zero-order valence-corrected chi connectivity index (χ0v) is 15.6. The van der Waals surface area contributed by atoms with Gasteiger partial charge in [0.05, 0.1) is 13.0 Å². The first kappa shape index (κ1) is 18.6. The van der Waals surface area contributed by atoms with Gasteiger partial charge in [-0.15, -0.1) is 10.2 Å². The summed E-state index contributed by atoms with van der Waals surface area (Å²) in [6, 6.07) is 15.4. The molecule has 2 aromatic carbocycles. The van der Waals surface area contributed by atoms with Gasteiger partial charge in [0.25, 0.3) is 5.89 Å². The number of hydrogen-bond acceptors (Lipinski definition) is 6. The lowest BCUT2D eigenvalue weighted by atomic mass is 10.1. The van der Waals surface area contributed by atoms with Crippen LogP contribution in [0.3, 0.4) is 0 Å². The highest BCUT2D eigenvalue weighted by Gasteiger charge is 2.19. The Kier molecular flexibility index (Phi) is 5.86. The Labute approximate surface area is 158 Å². The van der Waals surface area contributed by atoms with Crippen molar-refractivity contribution in [3.63, 3.8) is 0 Å². The van der Waals surface area contributed by atoms with Crippen LogP contribution in [0, 0.1) is 13.8 Å². The lowest BCUT2D eigenvalue weighted by Crippen LogP contribution is -2.12. The Bertz CT molecular complexity index is 885. The highest BCUT2D eigenvalue weighted by atomic mass is 16.6. The summed E-state index contributed by atoms with van der Waals surface area (Å²) in [4.78, 5) is 12.0. The Balaban J connectivity index is 1.49. The van der Waals surface area contributed by atoms with Crippen molar-refractivity contribution in [3.8, 4) is 17.2 Å². The predicted octanol–water partition coefficient (Wildman–Crippen LogP) is 4.43. The lowest BCUT2D eigenvalue weighted by molar-refractivity contribution is -0.150. The van der Waals surface area contributed by atoms with E-state index in [1.807, 2.05) is 62.4 Å². The number of hydrogen-bond donors (Lipinski definition) is 0. The van der Waals surface area contributed by atoms with Crippen molar-refractivity contribution in [2.45, 2.75) is 33.3 Å². The monoisotopic (exact) mass is 366 g/mol. The average molecular weight is 366 g/mol. The average Bonchev–Trinajstić information content (AvgIpc) is 3.14. The van der Waals surface area contributed by atoms with E-state index >= 15 is 0 Å². The highest BCUT2D eigenvalue weighted by molar-refractivity contribution is 5.69. The van der Waals surface area contributed by atoms with Crippen LogP contribution < -0.4 is 4.74 Å². The van der Waals surface area contributed by atoms with E-state index in [1.165, 1.54) is 0 Å². The Morgan fingerprint density at radius 3 is 2.30 bits per heavy atom. The van der Waals surface area contributed by atoms with Gasteiger partial charge < -0.3 is 13.9 Å². The number of nitrogens with zero attached hydrogens (tertiary/aromatic N) is 2. The molecule has 0 bridgehead atoms. The fourth-order valence-corrected chi connectivity index (χ4v) is 2.40. The summed E-state index contributed by atoms with van der Waals surface area (Å²) in [5.41, 5.74) is 3.12. The number of benzene rings is 2. The van der Waals surface area contributed by atoms with E-state index in [0.29, 0.717) is 5.89 Å². The summed E-state index contributed by atoms with van der Waals surface area (Å²) >= 11 is 0. The number of aryl methyl sites for hydroxylation is 2. The van der Waals surface area contributed by atoms with Gasteiger partial charge in [0.1, 0.15) is 5.75 Å². The smallest absolute Gasteiger partial charge is 0.310 e. The van der Waals surface area contributed by atoms with Gasteiger partial charge in [0.15, 0.2) is 6.10 Å². The molecule has 0 spiro atoms. The molecule has 0 radical (unpaired) electrons. The summed E-state index contributed by atoms with van der Waals surface area (Å²) in [5.74, 6) is 1.000. The van der Waals surface area contributed by atoms with Crippen molar-refractivity contribution >= 4 is 5.97 Å². The summed E-state index contributed by atoms with van der Waals surface area (Å²) in [6.45, 7) is 5.95. The first-order valence-electron chi connectivity index (χ1n) is 8.80. The molecule has 1 heterocycles. The minimum Gasteiger partial charge on any atom is -0.493 e. The molecule has 3 aromatic rings. The number of carbonyl (C=O) groups is 1. The van der Waals surface area contributed by atoms with E-state index in [0.717, 1.165) is 22.4 Å². The van der Waals surface area contributed by atoms with Crippen molar-refractivity contribution in [1.29, 1.82) is 0 Å². The predicted molar refractivity (Wildman–Crippen MR) is 100 cm³/mol. The first-order valence-corrected chi connectivity index (χ1v) is 8.80. The molecule has 140 valence electrons. The van der Waals surface area contributed by atoms with Gasteiger partial charge >= 0.3 is 5.97 Å². The third-order valence-electron chi connectivity index (χ3n) is 3.99. The highest BCUT2D eigenvalue weighted by Crippen LogP contribution is 2.23. The minimum absolute atomic E-state index is 0.136. The molecule has 0 aliphatic heterocycles. The number of rotatable bonds is 7. The van der Waals surface area contributed by atoms with E-state index in [1.54, 1.807) is 6.92 Å². The Hall–Kier alpha value is -3.15. The molecule has 1 atom stereocenters. The number of carbonyl (C=O) groups excluding carboxylic acids is 1. The second kappa shape index (κ2) is 8.49. The summed E-state index contributed by atoms with van der Waals surface area (Å²) in [5, 5.41) is 8.00. The van der Waals surface area contributed by atoms with E-state index in [2.05, 4.69) is 10.2 Å². The van der Waals surface area contributed by atoms with Crippen molar-refractivity contribution < 1.29 is 18.7 Å². The maximum absolute atomic E-state index is 12.0. The molecule has 3 rings (SSSR count).